The molecule has 0 radical (unpaired) electrons. The molecule has 2 aromatic heterocycles. The summed E-state index contributed by atoms with van der Waals surface area (Å²) >= 11 is 0. The van der Waals surface area contributed by atoms with Crippen molar-refractivity contribution in [3.63, 3.8) is 0 Å². The Hall–Kier alpha value is -2.48. The van der Waals surface area contributed by atoms with Crippen LogP contribution in [0, 0.1) is 25.2 Å². The van der Waals surface area contributed by atoms with Crippen LogP contribution in [0.15, 0.2) is 24.5 Å². The topological polar surface area (TPSA) is 74.5 Å². The van der Waals surface area contributed by atoms with E-state index in [0.29, 0.717) is 18.2 Å². The van der Waals surface area contributed by atoms with Crippen LogP contribution < -0.4 is 5.32 Å². The minimum absolute atomic E-state index is 0.372. The summed E-state index contributed by atoms with van der Waals surface area (Å²) in [6.45, 7) is 4.45. The zero-order chi connectivity index (χ0) is 13.0. The lowest BCUT2D eigenvalue weighted by atomic mass is 10.1. The van der Waals surface area contributed by atoms with Crippen molar-refractivity contribution in [1.29, 1.82) is 5.26 Å². The maximum Gasteiger partial charge on any atom is 0.224 e. The molecule has 0 saturated heterocycles. The number of hydrogen-bond donors (Lipinski definition) is 1. The number of hydrogen-bond acceptors (Lipinski definition) is 5. The number of pyridine rings is 1. The predicted octanol–water partition coefficient (Wildman–Crippen LogP) is 1.97. The van der Waals surface area contributed by atoms with E-state index in [0.717, 1.165) is 16.8 Å². The van der Waals surface area contributed by atoms with Crippen molar-refractivity contribution in [3.8, 4) is 6.07 Å². The maximum absolute atomic E-state index is 8.84. The summed E-state index contributed by atoms with van der Waals surface area (Å²) in [6.07, 6.45) is 3.57. The molecule has 18 heavy (non-hydrogen) atoms. The van der Waals surface area contributed by atoms with Gasteiger partial charge in [-0.15, -0.1) is 0 Å². The monoisotopic (exact) mass is 239 g/mol. The van der Waals surface area contributed by atoms with Crippen molar-refractivity contribution >= 4 is 5.95 Å². The molecule has 0 amide bonds. The van der Waals surface area contributed by atoms with Gasteiger partial charge in [-0.3, -0.25) is 4.98 Å². The number of anilines is 1. The normalized spacial score (nSPS) is 9.83. The molecule has 2 aromatic rings. The van der Waals surface area contributed by atoms with Gasteiger partial charge in [-0.2, -0.15) is 5.26 Å². The van der Waals surface area contributed by atoms with Crippen LogP contribution in [0.4, 0.5) is 5.95 Å². The third-order valence-electron chi connectivity index (χ3n) is 2.54. The van der Waals surface area contributed by atoms with E-state index in [1.807, 2.05) is 32.2 Å². The molecule has 0 aliphatic carbocycles. The van der Waals surface area contributed by atoms with Crippen LogP contribution in [-0.2, 0) is 6.54 Å². The summed E-state index contributed by atoms with van der Waals surface area (Å²) in [5, 5.41) is 12.0. The Morgan fingerprint density at radius 1 is 1.33 bits per heavy atom. The zero-order valence-electron chi connectivity index (χ0n) is 10.3. The first kappa shape index (κ1) is 12.0. The average molecular weight is 239 g/mol. The molecule has 0 unspecified atom stereocenters. The lowest BCUT2D eigenvalue weighted by Crippen LogP contribution is -2.06. The van der Waals surface area contributed by atoms with Gasteiger partial charge in [0.1, 0.15) is 11.8 Å². The number of nitrogens with zero attached hydrogens (tertiary/aromatic N) is 4. The van der Waals surface area contributed by atoms with Crippen molar-refractivity contribution in [2.45, 2.75) is 20.4 Å². The molecule has 1 N–H and O–H groups in total. The Morgan fingerprint density at radius 2 is 2.17 bits per heavy atom. The van der Waals surface area contributed by atoms with Gasteiger partial charge in [0.2, 0.25) is 5.95 Å². The van der Waals surface area contributed by atoms with Gasteiger partial charge in [-0.1, -0.05) is 0 Å². The SMILES string of the molecule is Cc1cc(C#N)nc(NCc2ccncc2C)n1. The van der Waals surface area contributed by atoms with E-state index in [1.165, 1.54) is 0 Å². The second-order valence-corrected chi connectivity index (χ2v) is 3.99. The Labute approximate surface area is 106 Å². The van der Waals surface area contributed by atoms with Crippen molar-refractivity contribution in [2.75, 3.05) is 5.32 Å². The number of nitrogens with one attached hydrogen (secondary N) is 1. The van der Waals surface area contributed by atoms with Gasteiger partial charge in [0.05, 0.1) is 0 Å². The third kappa shape index (κ3) is 2.80. The van der Waals surface area contributed by atoms with E-state index >= 15 is 0 Å². The van der Waals surface area contributed by atoms with Crippen LogP contribution in [-0.4, -0.2) is 15.0 Å². The van der Waals surface area contributed by atoms with Gasteiger partial charge in [0, 0.05) is 24.6 Å². The van der Waals surface area contributed by atoms with E-state index in [1.54, 1.807) is 12.3 Å². The molecule has 0 fully saturated rings. The van der Waals surface area contributed by atoms with E-state index in [9.17, 15) is 0 Å². The molecule has 5 heteroatoms. The second kappa shape index (κ2) is 5.23. The van der Waals surface area contributed by atoms with Gasteiger partial charge in [0.25, 0.3) is 0 Å². The fraction of sp³-hybridized carbons (Fsp3) is 0.231. The summed E-state index contributed by atoms with van der Waals surface area (Å²) in [5.41, 5.74) is 3.39. The molecule has 90 valence electrons. The third-order valence-corrected chi connectivity index (χ3v) is 2.54. The first-order chi connectivity index (χ1) is 8.69. The molecule has 2 rings (SSSR count). The van der Waals surface area contributed by atoms with E-state index in [2.05, 4.69) is 20.3 Å². The number of aromatic nitrogens is 3. The van der Waals surface area contributed by atoms with E-state index < -0.39 is 0 Å². The fourth-order valence-corrected chi connectivity index (χ4v) is 1.58. The lowest BCUT2D eigenvalue weighted by Gasteiger charge is -2.07. The van der Waals surface area contributed by atoms with Crippen LogP contribution in [0.2, 0.25) is 0 Å². The average Bonchev–Trinajstić information content (AvgIpc) is 2.37. The lowest BCUT2D eigenvalue weighted by molar-refractivity contribution is 1.01. The van der Waals surface area contributed by atoms with Gasteiger partial charge in [0.15, 0.2) is 0 Å². The van der Waals surface area contributed by atoms with Gasteiger partial charge in [-0.05, 0) is 37.1 Å². The minimum atomic E-state index is 0.372. The molecular weight excluding hydrogens is 226 g/mol. The van der Waals surface area contributed by atoms with Crippen LogP contribution in [0.1, 0.15) is 22.5 Å². The Morgan fingerprint density at radius 3 is 2.89 bits per heavy atom. The summed E-state index contributed by atoms with van der Waals surface area (Å²) in [4.78, 5) is 12.4. The largest absolute Gasteiger partial charge is 0.350 e. The smallest absolute Gasteiger partial charge is 0.224 e. The van der Waals surface area contributed by atoms with Crippen LogP contribution in [0.25, 0.3) is 0 Å². The highest BCUT2D eigenvalue weighted by atomic mass is 15.1. The highest BCUT2D eigenvalue weighted by molar-refractivity contribution is 5.35. The van der Waals surface area contributed by atoms with E-state index in [-0.39, 0.29) is 0 Å². The zero-order valence-corrected chi connectivity index (χ0v) is 10.3. The highest BCUT2D eigenvalue weighted by Gasteiger charge is 2.02. The molecule has 2 heterocycles. The first-order valence-corrected chi connectivity index (χ1v) is 5.58. The van der Waals surface area contributed by atoms with E-state index in [4.69, 9.17) is 5.26 Å². The number of nitriles is 1. The Kier molecular flexibility index (Phi) is 3.49. The summed E-state index contributed by atoms with van der Waals surface area (Å²) in [6, 6.07) is 5.62. The molecule has 0 aromatic carbocycles. The van der Waals surface area contributed by atoms with Crippen molar-refractivity contribution in [3.05, 3.63) is 47.0 Å². The fourth-order valence-electron chi connectivity index (χ4n) is 1.58. The van der Waals surface area contributed by atoms with Gasteiger partial charge < -0.3 is 5.32 Å². The van der Waals surface area contributed by atoms with Crippen LogP contribution >= 0.6 is 0 Å². The highest BCUT2D eigenvalue weighted by Crippen LogP contribution is 2.09. The number of rotatable bonds is 3. The molecule has 0 atom stereocenters. The molecule has 0 aliphatic rings. The maximum atomic E-state index is 8.84. The van der Waals surface area contributed by atoms with Gasteiger partial charge >= 0.3 is 0 Å². The first-order valence-electron chi connectivity index (χ1n) is 5.58. The minimum Gasteiger partial charge on any atom is -0.350 e. The summed E-state index contributed by atoms with van der Waals surface area (Å²) < 4.78 is 0. The van der Waals surface area contributed by atoms with Crippen molar-refractivity contribution in [2.24, 2.45) is 0 Å². The molecule has 0 saturated carbocycles. The summed E-state index contributed by atoms with van der Waals surface area (Å²) in [7, 11) is 0. The summed E-state index contributed by atoms with van der Waals surface area (Å²) in [5.74, 6) is 0.475. The van der Waals surface area contributed by atoms with Crippen molar-refractivity contribution < 1.29 is 0 Å². The Bertz CT molecular complexity index is 601. The quantitative estimate of drug-likeness (QED) is 0.886. The molecule has 0 bridgehead atoms. The molecular formula is C13H13N5. The predicted molar refractivity (Wildman–Crippen MR) is 67.8 cm³/mol. The van der Waals surface area contributed by atoms with Crippen LogP contribution in [0.5, 0.6) is 0 Å². The standard InChI is InChI=1S/C13H13N5/c1-9-7-15-4-3-11(9)8-16-13-17-10(2)5-12(6-14)18-13/h3-5,7H,8H2,1-2H3,(H,16,17,18). The van der Waals surface area contributed by atoms with Crippen molar-refractivity contribution in [1.82, 2.24) is 15.0 Å². The molecule has 0 aliphatic heterocycles. The van der Waals surface area contributed by atoms with Gasteiger partial charge in [-0.25, -0.2) is 9.97 Å². The molecule has 0 spiro atoms. The number of aryl methyl sites for hydroxylation is 2. The Balaban J connectivity index is 2.14. The second-order valence-electron chi connectivity index (χ2n) is 3.99. The molecule has 5 nitrogen and oxygen atoms in total. The van der Waals surface area contributed by atoms with Crippen LogP contribution in [0.3, 0.4) is 0 Å².